The number of hydrogen-bond donors (Lipinski definition) is 0. The predicted molar refractivity (Wildman–Crippen MR) is 61.0 cm³/mol. The number of hydrogen-bond acceptors (Lipinski definition) is 4. The molecule has 16 heavy (non-hydrogen) atoms. The second-order valence-corrected chi connectivity index (χ2v) is 5.73. The average Bonchev–Trinajstić information content (AvgIpc) is 2.26. The van der Waals surface area contributed by atoms with E-state index < -0.39 is 9.84 Å². The molecule has 0 saturated carbocycles. The van der Waals surface area contributed by atoms with Crippen LogP contribution in [0.5, 0.6) is 0 Å². The van der Waals surface area contributed by atoms with Crippen LogP contribution >= 0.6 is 11.6 Å². The number of rotatable bonds is 4. The van der Waals surface area contributed by atoms with Crippen LogP contribution in [0.3, 0.4) is 0 Å². The van der Waals surface area contributed by atoms with E-state index in [0.29, 0.717) is 5.56 Å². The molecule has 0 unspecified atom stereocenters. The highest BCUT2D eigenvalue weighted by molar-refractivity contribution is 7.91. The van der Waals surface area contributed by atoms with Crippen molar-refractivity contribution in [2.75, 3.05) is 5.75 Å². The van der Waals surface area contributed by atoms with Gasteiger partial charge in [-0.15, -0.1) is 0 Å². The lowest BCUT2D eigenvalue weighted by Gasteiger charge is -2.05. The van der Waals surface area contributed by atoms with Gasteiger partial charge in [0.05, 0.1) is 22.2 Å². The van der Waals surface area contributed by atoms with Gasteiger partial charge in [0, 0.05) is 0 Å². The summed E-state index contributed by atoms with van der Waals surface area (Å²) >= 11 is 5.85. The Morgan fingerprint density at radius 2 is 2.12 bits per heavy atom. The zero-order chi connectivity index (χ0) is 12.2. The van der Waals surface area contributed by atoms with Crippen molar-refractivity contribution in [3.63, 3.8) is 0 Å². The molecule has 0 radical (unpaired) electrons. The molecule has 0 bridgehead atoms. The summed E-state index contributed by atoms with van der Waals surface area (Å²) in [4.78, 5) is 13.4. The second-order valence-electron chi connectivity index (χ2n) is 3.08. The smallest absolute Gasteiger partial charge is 0.224 e. The fourth-order valence-corrected chi connectivity index (χ4v) is 2.67. The van der Waals surface area contributed by atoms with Crippen LogP contribution in [0.4, 0.5) is 0 Å². The lowest BCUT2D eigenvalue weighted by Crippen LogP contribution is -2.04. The Morgan fingerprint density at radius 1 is 1.44 bits per heavy atom. The third kappa shape index (κ3) is 2.92. The van der Waals surface area contributed by atoms with Crippen LogP contribution in [0.2, 0.25) is 5.02 Å². The summed E-state index contributed by atoms with van der Waals surface area (Å²) in [6, 6.07) is 4.50. The molecule has 1 rings (SSSR count). The number of sulfone groups is 1. The van der Waals surface area contributed by atoms with Crippen LogP contribution in [0.15, 0.2) is 28.1 Å². The van der Waals surface area contributed by atoms with Gasteiger partial charge in [0.15, 0.2) is 9.84 Å². The molecule has 0 heterocycles. The molecule has 0 aliphatic carbocycles. The number of aliphatic imine (C=N–C) groups is 1. The molecule has 1 aromatic carbocycles. The summed E-state index contributed by atoms with van der Waals surface area (Å²) in [6.07, 6.45) is 1.41. The molecule has 86 valence electrons. The van der Waals surface area contributed by atoms with Crippen LogP contribution in [0.25, 0.3) is 0 Å². The Labute approximate surface area is 98.9 Å². The molecule has 0 atom stereocenters. The first-order valence-corrected chi connectivity index (χ1v) is 6.59. The van der Waals surface area contributed by atoms with Gasteiger partial charge in [-0.05, 0) is 17.7 Å². The third-order valence-corrected chi connectivity index (χ3v) is 4.25. The maximum absolute atomic E-state index is 11.6. The van der Waals surface area contributed by atoms with Crippen molar-refractivity contribution in [1.82, 2.24) is 0 Å². The van der Waals surface area contributed by atoms with Crippen LogP contribution < -0.4 is 0 Å². The van der Waals surface area contributed by atoms with Crippen molar-refractivity contribution in [1.29, 1.82) is 0 Å². The molecule has 0 aliphatic heterocycles. The third-order valence-electron chi connectivity index (χ3n) is 2.04. The van der Waals surface area contributed by atoms with E-state index >= 15 is 0 Å². The molecule has 4 nitrogen and oxygen atoms in total. The van der Waals surface area contributed by atoms with E-state index in [9.17, 15) is 13.2 Å². The Balaban J connectivity index is 3.14. The van der Waals surface area contributed by atoms with Crippen molar-refractivity contribution < 1.29 is 13.2 Å². The number of nitrogens with zero attached hydrogens (tertiary/aromatic N) is 1. The van der Waals surface area contributed by atoms with Crippen molar-refractivity contribution in [2.24, 2.45) is 4.99 Å². The predicted octanol–water partition coefficient (Wildman–Crippen LogP) is 1.97. The first-order chi connectivity index (χ1) is 7.51. The topological polar surface area (TPSA) is 63.6 Å². The minimum Gasteiger partial charge on any atom is -0.224 e. The van der Waals surface area contributed by atoms with E-state index in [-0.39, 0.29) is 22.2 Å². The molecule has 0 aliphatic rings. The Kier molecular flexibility index (Phi) is 4.24. The average molecular weight is 260 g/mol. The van der Waals surface area contributed by atoms with Gasteiger partial charge >= 0.3 is 0 Å². The highest BCUT2D eigenvalue weighted by Gasteiger charge is 2.15. The second kappa shape index (κ2) is 5.25. The van der Waals surface area contributed by atoms with Gasteiger partial charge in [-0.2, -0.15) is 0 Å². The lowest BCUT2D eigenvalue weighted by molar-refractivity contribution is 0.562. The van der Waals surface area contributed by atoms with Gasteiger partial charge < -0.3 is 0 Å². The van der Waals surface area contributed by atoms with E-state index in [1.54, 1.807) is 13.0 Å². The number of isocyanates is 1. The minimum absolute atomic E-state index is 0.00143. The fraction of sp³-hybridized carbons (Fsp3) is 0.300. The van der Waals surface area contributed by atoms with Crippen LogP contribution in [-0.4, -0.2) is 20.3 Å². The summed E-state index contributed by atoms with van der Waals surface area (Å²) in [5, 5.41) is 0.153. The van der Waals surface area contributed by atoms with Crippen molar-refractivity contribution >= 4 is 27.5 Å². The molecule has 1 aromatic rings. The van der Waals surface area contributed by atoms with E-state index in [0.717, 1.165) is 0 Å². The number of benzene rings is 1. The fourth-order valence-electron chi connectivity index (χ4n) is 1.17. The summed E-state index contributed by atoms with van der Waals surface area (Å²) in [6.45, 7) is 1.70. The molecule has 0 spiro atoms. The van der Waals surface area contributed by atoms with Crippen LogP contribution in [0.1, 0.15) is 12.5 Å². The highest BCUT2D eigenvalue weighted by Crippen LogP contribution is 2.23. The molecular weight excluding hydrogens is 250 g/mol. The summed E-state index contributed by atoms with van der Waals surface area (Å²) < 4.78 is 23.2. The Bertz CT molecular complexity index is 533. The zero-order valence-corrected chi connectivity index (χ0v) is 10.2. The van der Waals surface area contributed by atoms with E-state index in [4.69, 9.17) is 11.6 Å². The normalized spacial score (nSPS) is 10.9. The van der Waals surface area contributed by atoms with E-state index in [1.807, 2.05) is 0 Å². The van der Waals surface area contributed by atoms with E-state index in [1.165, 1.54) is 18.2 Å². The monoisotopic (exact) mass is 259 g/mol. The van der Waals surface area contributed by atoms with Gasteiger partial charge in [0.1, 0.15) is 0 Å². The summed E-state index contributed by atoms with van der Waals surface area (Å²) in [7, 11) is -3.31. The van der Waals surface area contributed by atoms with Crippen molar-refractivity contribution in [2.45, 2.75) is 18.4 Å². The first kappa shape index (κ1) is 12.9. The highest BCUT2D eigenvalue weighted by atomic mass is 35.5. The Morgan fingerprint density at radius 3 is 2.62 bits per heavy atom. The quantitative estimate of drug-likeness (QED) is 0.613. The summed E-state index contributed by atoms with van der Waals surface area (Å²) in [5.41, 5.74) is 0.670. The van der Waals surface area contributed by atoms with Crippen molar-refractivity contribution in [3.05, 3.63) is 28.8 Å². The van der Waals surface area contributed by atoms with Gasteiger partial charge in [-0.25, -0.2) is 18.2 Å². The molecule has 0 aromatic heterocycles. The molecule has 0 saturated heterocycles. The van der Waals surface area contributed by atoms with E-state index in [2.05, 4.69) is 4.99 Å². The summed E-state index contributed by atoms with van der Waals surface area (Å²) in [5.74, 6) is -0.00143. The van der Waals surface area contributed by atoms with Gasteiger partial charge in [-0.1, -0.05) is 24.6 Å². The minimum atomic E-state index is -3.31. The molecular formula is C10H10ClNO3S. The molecule has 0 fully saturated rings. The van der Waals surface area contributed by atoms with Gasteiger partial charge in [-0.3, -0.25) is 0 Å². The van der Waals surface area contributed by atoms with Crippen molar-refractivity contribution in [3.8, 4) is 0 Å². The zero-order valence-electron chi connectivity index (χ0n) is 8.60. The Hall–Kier alpha value is -1.16. The number of halogens is 1. The van der Waals surface area contributed by atoms with Crippen LogP contribution in [-0.2, 0) is 21.2 Å². The SMILES string of the molecule is CCS(=O)(=O)c1ccc(CN=C=O)cc1Cl. The lowest BCUT2D eigenvalue weighted by atomic mass is 10.2. The standard InChI is InChI=1S/C10H10ClNO3S/c1-2-16(14,15)10-4-3-8(5-9(10)11)6-12-7-13/h3-5H,2,6H2,1H3. The van der Waals surface area contributed by atoms with Gasteiger partial charge in [0.2, 0.25) is 6.08 Å². The first-order valence-electron chi connectivity index (χ1n) is 4.56. The maximum atomic E-state index is 11.6. The molecule has 0 N–H and O–H groups in total. The van der Waals surface area contributed by atoms with Crippen LogP contribution in [0, 0.1) is 0 Å². The number of carbonyl (C=O) groups excluding carboxylic acids is 1. The van der Waals surface area contributed by atoms with Gasteiger partial charge in [0.25, 0.3) is 0 Å². The maximum Gasteiger partial charge on any atom is 0.235 e. The molecule has 0 amide bonds. The largest absolute Gasteiger partial charge is 0.235 e. The molecule has 6 heteroatoms.